The van der Waals surface area contributed by atoms with Crippen molar-refractivity contribution in [3.05, 3.63) is 0 Å². The highest BCUT2D eigenvalue weighted by Crippen LogP contribution is 2.33. The molecule has 0 aliphatic heterocycles. The maximum Gasteiger partial charge on any atom is 0.150 e. The Morgan fingerprint density at radius 2 is 1.53 bits per heavy atom. The smallest absolute Gasteiger partial charge is 0.150 e. The second-order valence-corrected chi connectivity index (χ2v) is 7.22. The van der Waals surface area contributed by atoms with E-state index in [1.807, 2.05) is 0 Å². The Kier molecular flexibility index (Phi) is 7.09. The summed E-state index contributed by atoms with van der Waals surface area (Å²) in [7, 11) is -2.86. The van der Waals surface area contributed by atoms with Crippen molar-refractivity contribution in [2.45, 2.75) is 46.5 Å². The first-order valence-corrected chi connectivity index (χ1v) is 8.66. The molecule has 0 bridgehead atoms. The van der Waals surface area contributed by atoms with E-state index in [9.17, 15) is 8.42 Å². The van der Waals surface area contributed by atoms with E-state index in [1.54, 1.807) is 6.92 Å². The molecule has 92 valence electrons. The third-order valence-electron chi connectivity index (χ3n) is 2.81. The van der Waals surface area contributed by atoms with Gasteiger partial charge in [-0.3, -0.25) is 0 Å². The summed E-state index contributed by atoms with van der Waals surface area (Å²) in [5, 5.41) is 0.793. The molecule has 0 heterocycles. The number of hydrogen-bond acceptors (Lipinski definition) is 2. The van der Waals surface area contributed by atoms with Gasteiger partial charge in [0.05, 0.1) is 5.75 Å². The van der Waals surface area contributed by atoms with E-state index in [-0.39, 0.29) is 11.2 Å². The van der Waals surface area contributed by atoms with Gasteiger partial charge < -0.3 is 0 Å². The molecule has 0 aliphatic carbocycles. The highest BCUT2D eigenvalue weighted by atomic mass is 79.9. The first-order valence-electron chi connectivity index (χ1n) is 5.71. The van der Waals surface area contributed by atoms with Gasteiger partial charge in [0, 0.05) is 11.1 Å². The fourth-order valence-corrected chi connectivity index (χ4v) is 4.62. The zero-order chi connectivity index (χ0) is 11.9. The third kappa shape index (κ3) is 5.34. The fourth-order valence-electron chi connectivity index (χ4n) is 2.07. The van der Waals surface area contributed by atoms with Gasteiger partial charge in [0.2, 0.25) is 0 Å². The molecule has 0 saturated carbocycles. The molecule has 4 heteroatoms. The van der Waals surface area contributed by atoms with E-state index in [2.05, 4.69) is 29.8 Å². The summed E-state index contributed by atoms with van der Waals surface area (Å²) in [4.78, 5) is 0. The van der Waals surface area contributed by atoms with Crippen molar-refractivity contribution >= 4 is 25.8 Å². The molecule has 0 N–H and O–H groups in total. The van der Waals surface area contributed by atoms with Crippen LogP contribution in [0.2, 0.25) is 0 Å². The maximum atomic E-state index is 11.7. The van der Waals surface area contributed by atoms with Crippen molar-refractivity contribution in [2.24, 2.45) is 5.41 Å². The molecule has 0 amide bonds. The topological polar surface area (TPSA) is 34.1 Å². The van der Waals surface area contributed by atoms with Crippen LogP contribution in [-0.2, 0) is 9.84 Å². The predicted molar refractivity (Wildman–Crippen MR) is 70.4 cm³/mol. The van der Waals surface area contributed by atoms with Gasteiger partial charge in [-0.1, -0.05) is 49.5 Å². The summed E-state index contributed by atoms with van der Waals surface area (Å²) in [6, 6.07) is 0. The lowest BCUT2D eigenvalue weighted by molar-refractivity contribution is 0.314. The largest absolute Gasteiger partial charge is 0.229 e. The van der Waals surface area contributed by atoms with E-state index in [4.69, 9.17) is 0 Å². The molecular formula is C11H23BrO2S. The predicted octanol–water partition coefficient (Wildman–Crippen LogP) is 3.40. The average Bonchev–Trinajstić information content (AvgIpc) is 2.18. The molecule has 0 fully saturated rings. The zero-order valence-electron chi connectivity index (χ0n) is 10.1. The Morgan fingerprint density at radius 1 is 1.07 bits per heavy atom. The van der Waals surface area contributed by atoms with E-state index < -0.39 is 9.84 Å². The van der Waals surface area contributed by atoms with Crippen LogP contribution in [0.4, 0.5) is 0 Å². The number of rotatable bonds is 8. The van der Waals surface area contributed by atoms with Gasteiger partial charge in [-0.2, -0.15) is 0 Å². The van der Waals surface area contributed by atoms with E-state index in [1.165, 1.54) is 0 Å². The standard InChI is InChI=1S/C11H23BrO2S/c1-4-7-11(9-12,8-5-2)10-15(13,14)6-3/h4-10H2,1-3H3. The Hall–Kier alpha value is 0.430. The van der Waals surface area contributed by atoms with Gasteiger partial charge in [0.15, 0.2) is 9.84 Å². The Balaban J connectivity index is 4.75. The molecule has 0 aromatic carbocycles. The lowest BCUT2D eigenvalue weighted by Gasteiger charge is -2.31. The van der Waals surface area contributed by atoms with Crippen molar-refractivity contribution in [1.29, 1.82) is 0 Å². The van der Waals surface area contributed by atoms with Crippen LogP contribution in [-0.4, -0.2) is 25.3 Å². The minimum atomic E-state index is -2.86. The summed E-state index contributed by atoms with van der Waals surface area (Å²) < 4.78 is 23.4. The second-order valence-electron chi connectivity index (χ2n) is 4.31. The molecule has 0 atom stereocenters. The molecule has 0 unspecified atom stereocenters. The molecule has 0 rings (SSSR count). The van der Waals surface area contributed by atoms with Crippen molar-refractivity contribution in [2.75, 3.05) is 16.8 Å². The van der Waals surface area contributed by atoms with Crippen LogP contribution < -0.4 is 0 Å². The van der Waals surface area contributed by atoms with Crippen LogP contribution in [0.3, 0.4) is 0 Å². The quantitative estimate of drug-likeness (QED) is 0.644. The molecule has 0 aromatic heterocycles. The molecule has 0 radical (unpaired) electrons. The van der Waals surface area contributed by atoms with Crippen molar-refractivity contribution in [3.8, 4) is 0 Å². The normalized spacial score (nSPS) is 13.1. The van der Waals surface area contributed by atoms with Crippen LogP contribution in [0.1, 0.15) is 46.5 Å². The van der Waals surface area contributed by atoms with Gasteiger partial charge in [0.25, 0.3) is 0 Å². The molecule has 15 heavy (non-hydrogen) atoms. The molecule has 0 aromatic rings. The average molecular weight is 299 g/mol. The van der Waals surface area contributed by atoms with Gasteiger partial charge in [-0.15, -0.1) is 0 Å². The second kappa shape index (κ2) is 6.89. The van der Waals surface area contributed by atoms with Crippen molar-refractivity contribution in [1.82, 2.24) is 0 Å². The summed E-state index contributed by atoms with van der Waals surface area (Å²) in [6.45, 7) is 5.96. The molecule has 0 aliphatic rings. The molecule has 0 saturated heterocycles. The summed E-state index contributed by atoms with van der Waals surface area (Å²) in [5.74, 6) is 0.596. The maximum absolute atomic E-state index is 11.7. The summed E-state index contributed by atoms with van der Waals surface area (Å²) in [5.41, 5.74) is -0.0433. The van der Waals surface area contributed by atoms with Crippen LogP contribution in [0.5, 0.6) is 0 Å². The van der Waals surface area contributed by atoms with E-state index in [0.29, 0.717) is 5.75 Å². The van der Waals surface area contributed by atoms with Gasteiger partial charge >= 0.3 is 0 Å². The number of hydrogen-bond donors (Lipinski definition) is 0. The van der Waals surface area contributed by atoms with E-state index in [0.717, 1.165) is 31.0 Å². The summed E-state index contributed by atoms with van der Waals surface area (Å²) in [6.07, 6.45) is 4.08. The third-order valence-corrected chi connectivity index (χ3v) is 5.93. The van der Waals surface area contributed by atoms with Crippen LogP contribution in [0.15, 0.2) is 0 Å². The Bertz CT molecular complexity index is 254. The first kappa shape index (κ1) is 15.4. The zero-order valence-corrected chi connectivity index (χ0v) is 12.5. The summed E-state index contributed by atoms with van der Waals surface area (Å²) >= 11 is 3.49. The minimum absolute atomic E-state index is 0.0433. The van der Waals surface area contributed by atoms with Crippen LogP contribution in [0.25, 0.3) is 0 Å². The fraction of sp³-hybridized carbons (Fsp3) is 1.00. The van der Waals surface area contributed by atoms with Gasteiger partial charge in [0.1, 0.15) is 0 Å². The molecule has 2 nitrogen and oxygen atoms in total. The Labute approximate surface area is 103 Å². The minimum Gasteiger partial charge on any atom is -0.229 e. The van der Waals surface area contributed by atoms with Crippen LogP contribution >= 0.6 is 15.9 Å². The van der Waals surface area contributed by atoms with Gasteiger partial charge in [-0.05, 0) is 18.3 Å². The lowest BCUT2D eigenvalue weighted by Crippen LogP contribution is -2.32. The molecular weight excluding hydrogens is 276 g/mol. The molecule has 0 spiro atoms. The van der Waals surface area contributed by atoms with Crippen molar-refractivity contribution < 1.29 is 8.42 Å². The first-order chi connectivity index (χ1) is 6.95. The number of sulfone groups is 1. The number of halogens is 1. The van der Waals surface area contributed by atoms with Gasteiger partial charge in [-0.25, -0.2) is 8.42 Å². The number of alkyl halides is 1. The van der Waals surface area contributed by atoms with Crippen LogP contribution in [0, 0.1) is 5.41 Å². The Morgan fingerprint density at radius 3 is 1.80 bits per heavy atom. The highest BCUT2D eigenvalue weighted by molar-refractivity contribution is 9.09. The SMILES string of the molecule is CCCC(CBr)(CCC)CS(=O)(=O)CC. The van der Waals surface area contributed by atoms with E-state index >= 15 is 0 Å². The monoisotopic (exact) mass is 298 g/mol. The lowest BCUT2D eigenvalue weighted by atomic mass is 9.83. The highest BCUT2D eigenvalue weighted by Gasteiger charge is 2.32. The van der Waals surface area contributed by atoms with Crippen molar-refractivity contribution in [3.63, 3.8) is 0 Å².